The number of hydrogen-bond acceptors (Lipinski definition) is 12. The molecule has 59 heavy (non-hydrogen) atoms. The minimum Gasteiger partial charge on any atom is -0.494 e. The molecule has 1 aliphatic rings. The van der Waals surface area contributed by atoms with Gasteiger partial charge in [-0.15, -0.1) is 0 Å². The Hall–Kier alpha value is -5.92. The van der Waals surface area contributed by atoms with Gasteiger partial charge in [-0.3, -0.25) is 0 Å². The maximum atomic E-state index is 11.6. The molecule has 0 saturated heterocycles. The number of hydrogen-bond donors (Lipinski definition) is 2. The molecule has 0 bridgehead atoms. The van der Waals surface area contributed by atoms with Gasteiger partial charge in [-0.1, -0.05) is 49.6 Å². The molecule has 0 aromatic heterocycles. The lowest BCUT2D eigenvalue weighted by Gasteiger charge is -2.31. The fourth-order valence-corrected chi connectivity index (χ4v) is 6.66. The molecule has 12 heteroatoms. The minimum atomic E-state index is -0.958. The first kappa shape index (κ1) is 42.7. The summed E-state index contributed by atoms with van der Waals surface area (Å²) in [6.07, 6.45) is -1.92. The van der Waals surface area contributed by atoms with E-state index in [-0.39, 0.29) is 69.9 Å². The third-order valence-electron chi connectivity index (χ3n) is 9.43. The summed E-state index contributed by atoms with van der Waals surface area (Å²) in [5.41, 5.74) is 3.65. The highest BCUT2D eigenvalue weighted by Gasteiger charge is 2.32. The number of rotatable bonds is 21. The van der Waals surface area contributed by atoms with E-state index in [1.165, 1.54) is 0 Å². The highest BCUT2D eigenvalue weighted by Crippen LogP contribution is 2.52. The van der Waals surface area contributed by atoms with Crippen molar-refractivity contribution in [3.8, 4) is 28.7 Å². The summed E-state index contributed by atoms with van der Waals surface area (Å²) in [6.45, 7) is 13.3. The maximum Gasteiger partial charge on any atom is 0.333 e. The second-order valence-electron chi connectivity index (χ2n) is 14.2. The van der Waals surface area contributed by atoms with Crippen molar-refractivity contribution >= 4 is 33.5 Å². The van der Waals surface area contributed by atoms with Crippen LogP contribution in [-0.2, 0) is 28.5 Å². The van der Waals surface area contributed by atoms with Gasteiger partial charge in [-0.25, -0.2) is 9.59 Å². The van der Waals surface area contributed by atoms with Crippen molar-refractivity contribution in [3.05, 3.63) is 126 Å². The second kappa shape index (κ2) is 20.2. The summed E-state index contributed by atoms with van der Waals surface area (Å²) in [4.78, 5) is 23.1. The van der Waals surface area contributed by atoms with E-state index in [4.69, 9.17) is 37.9 Å². The van der Waals surface area contributed by atoms with Crippen LogP contribution in [0.25, 0.3) is 21.5 Å². The number of ether oxygens (including phenoxy) is 8. The summed E-state index contributed by atoms with van der Waals surface area (Å²) in [7, 11) is 0. The topological polar surface area (TPSA) is 148 Å². The molecule has 6 rings (SSSR count). The Morgan fingerprint density at radius 2 is 1.07 bits per heavy atom. The summed E-state index contributed by atoms with van der Waals surface area (Å²) in [5, 5.41) is 24.1. The van der Waals surface area contributed by atoms with Crippen LogP contribution in [0, 0.1) is 0 Å². The molecular formula is C47H50O12. The first-order chi connectivity index (χ1) is 28.5. The zero-order valence-electron chi connectivity index (χ0n) is 33.6. The van der Waals surface area contributed by atoms with Gasteiger partial charge in [0.1, 0.15) is 67.4 Å². The van der Waals surface area contributed by atoms with Crippen molar-refractivity contribution in [2.24, 2.45) is 0 Å². The SMILES string of the molecule is C=C(C)C(=O)OCC(O)COCCOc1ccc2c3c(ccc2c1)Oc1ccc2cc(OCCOCC(O)COC(=O)C(=C)C)ccc2c1C3c1ccc(OCC)cc1. The molecule has 310 valence electrons. The third-order valence-corrected chi connectivity index (χ3v) is 9.43. The van der Waals surface area contributed by atoms with Crippen LogP contribution in [-0.4, -0.2) is 93.8 Å². The molecule has 1 heterocycles. The van der Waals surface area contributed by atoms with E-state index in [2.05, 4.69) is 25.3 Å². The number of esters is 2. The smallest absolute Gasteiger partial charge is 0.333 e. The lowest BCUT2D eigenvalue weighted by Crippen LogP contribution is -2.25. The van der Waals surface area contributed by atoms with Gasteiger partial charge in [-0.2, -0.15) is 0 Å². The van der Waals surface area contributed by atoms with Crippen molar-refractivity contribution < 1.29 is 57.7 Å². The molecule has 0 fully saturated rings. The van der Waals surface area contributed by atoms with Crippen LogP contribution >= 0.6 is 0 Å². The molecule has 2 N–H and O–H groups in total. The van der Waals surface area contributed by atoms with Gasteiger partial charge in [0.2, 0.25) is 0 Å². The minimum absolute atomic E-state index is 0.00608. The average Bonchev–Trinajstić information content (AvgIpc) is 3.23. The molecule has 1 aliphatic heterocycles. The average molecular weight is 807 g/mol. The number of aliphatic hydroxyl groups excluding tert-OH is 2. The van der Waals surface area contributed by atoms with Crippen LogP contribution in [0.1, 0.15) is 43.4 Å². The predicted molar refractivity (Wildman–Crippen MR) is 223 cm³/mol. The Morgan fingerprint density at radius 1 is 0.610 bits per heavy atom. The lowest BCUT2D eigenvalue weighted by molar-refractivity contribution is -0.143. The Morgan fingerprint density at radius 3 is 1.51 bits per heavy atom. The Bertz CT molecular complexity index is 2150. The maximum absolute atomic E-state index is 11.6. The van der Waals surface area contributed by atoms with Crippen LogP contribution in [0.2, 0.25) is 0 Å². The number of carbonyl (C=O) groups is 2. The van der Waals surface area contributed by atoms with Crippen molar-refractivity contribution in [3.63, 3.8) is 0 Å². The lowest BCUT2D eigenvalue weighted by atomic mass is 9.78. The Kier molecular flexibility index (Phi) is 14.6. The van der Waals surface area contributed by atoms with E-state index in [0.29, 0.717) is 18.1 Å². The van der Waals surface area contributed by atoms with Gasteiger partial charge in [0.15, 0.2) is 0 Å². The van der Waals surface area contributed by atoms with Crippen LogP contribution in [0.3, 0.4) is 0 Å². The third kappa shape index (κ3) is 11.0. The van der Waals surface area contributed by atoms with E-state index in [1.54, 1.807) is 13.8 Å². The largest absolute Gasteiger partial charge is 0.494 e. The zero-order valence-corrected chi connectivity index (χ0v) is 33.6. The predicted octanol–water partition coefficient (Wildman–Crippen LogP) is 7.43. The molecule has 0 amide bonds. The van der Waals surface area contributed by atoms with E-state index < -0.39 is 24.1 Å². The van der Waals surface area contributed by atoms with Crippen LogP contribution in [0.15, 0.2) is 109 Å². The van der Waals surface area contributed by atoms with Crippen molar-refractivity contribution in [2.45, 2.75) is 38.9 Å². The highest BCUT2D eigenvalue weighted by atomic mass is 16.6. The fourth-order valence-electron chi connectivity index (χ4n) is 6.66. The van der Waals surface area contributed by atoms with E-state index in [9.17, 15) is 19.8 Å². The van der Waals surface area contributed by atoms with Crippen LogP contribution in [0.5, 0.6) is 28.7 Å². The summed E-state index contributed by atoms with van der Waals surface area (Å²) >= 11 is 0. The quantitative estimate of drug-likeness (QED) is 0.0424. The first-order valence-electron chi connectivity index (χ1n) is 19.5. The molecule has 2 unspecified atom stereocenters. The van der Waals surface area contributed by atoms with Crippen molar-refractivity contribution in [2.75, 3.05) is 59.5 Å². The number of fused-ring (bicyclic) bond motifs is 6. The summed E-state index contributed by atoms with van der Waals surface area (Å²) < 4.78 is 45.5. The Balaban J connectivity index is 1.18. The number of aliphatic hydroxyl groups is 2. The van der Waals surface area contributed by atoms with E-state index in [0.717, 1.165) is 55.5 Å². The van der Waals surface area contributed by atoms with Crippen molar-refractivity contribution in [1.29, 1.82) is 0 Å². The van der Waals surface area contributed by atoms with Gasteiger partial charge in [0.05, 0.1) is 33.0 Å². The van der Waals surface area contributed by atoms with Gasteiger partial charge in [0.25, 0.3) is 0 Å². The molecular weight excluding hydrogens is 757 g/mol. The van der Waals surface area contributed by atoms with Gasteiger partial charge >= 0.3 is 11.9 Å². The molecule has 5 aromatic rings. The highest BCUT2D eigenvalue weighted by molar-refractivity contribution is 5.96. The Labute approximate surface area is 343 Å². The normalized spacial score (nSPS) is 14.0. The second-order valence-corrected chi connectivity index (χ2v) is 14.2. The summed E-state index contributed by atoms with van der Waals surface area (Å²) in [6, 6.07) is 28.1. The fraction of sp³-hybridized carbons (Fsp3) is 0.319. The molecule has 0 aliphatic carbocycles. The van der Waals surface area contributed by atoms with Gasteiger partial charge < -0.3 is 48.1 Å². The molecule has 12 nitrogen and oxygen atoms in total. The molecule has 2 atom stereocenters. The monoisotopic (exact) mass is 806 g/mol. The standard InChI is InChI=1S/C47H50O12/c1-6-54-36-11-7-31(8-12-36)43-44-39-15-13-37(55-21-19-52-25-34(48)27-57-46(50)29(2)3)23-32(39)9-17-41(44)59-42-18-10-33-24-38(14-16-40(33)45(42)43)56-22-20-53-26-35(49)28-58-47(51)30(4)5/h7-18,23-24,34-35,43,48-49H,2,4,6,19-22,25-28H2,1,3,5H3. The molecule has 0 saturated carbocycles. The van der Waals surface area contributed by atoms with Gasteiger partial charge in [0, 0.05) is 28.2 Å². The van der Waals surface area contributed by atoms with Crippen LogP contribution < -0.4 is 18.9 Å². The van der Waals surface area contributed by atoms with Crippen molar-refractivity contribution in [1.82, 2.24) is 0 Å². The zero-order chi connectivity index (χ0) is 41.9. The first-order valence-corrected chi connectivity index (χ1v) is 19.5. The van der Waals surface area contributed by atoms with E-state index in [1.807, 2.05) is 79.7 Å². The van der Waals surface area contributed by atoms with Gasteiger partial charge in [-0.05, 0) is 96.4 Å². The number of benzene rings is 5. The summed E-state index contributed by atoms with van der Waals surface area (Å²) in [5.74, 6) is 2.33. The number of carbonyl (C=O) groups excluding carboxylic acids is 2. The van der Waals surface area contributed by atoms with E-state index >= 15 is 0 Å². The van der Waals surface area contributed by atoms with Crippen LogP contribution in [0.4, 0.5) is 0 Å². The molecule has 0 spiro atoms. The molecule has 0 radical (unpaired) electrons. The molecule has 5 aromatic carbocycles.